The highest BCUT2D eigenvalue weighted by molar-refractivity contribution is 6.05. The van der Waals surface area contributed by atoms with Gasteiger partial charge in [-0.3, -0.25) is 34.3 Å². The van der Waals surface area contributed by atoms with Crippen molar-refractivity contribution in [1.29, 1.82) is 0 Å². The van der Waals surface area contributed by atoms with E-state index in [1.165, 1.54) is 21.9 Å². The van der Waals surface area contributed by atoms with Crippen LogP contribution >= 0.6 is 0 Å². The summed E-state index contributed by atoms with van der Waals surface area (Å²) >= 11 is 0. The van der Waals surface area contributed by atoms with Gasteiger partial charge in [-0.25, -0.2) is 17.6 Å². The van der Waals surface area contributed by atoms with E-state index >= 15 is 8.78 Å². The van der Waals surface area contributed by atoms with Crippen molar-refractivity contribution in [1.82, 2.24) is 29.9 Å². The minimum Gasteiger partial charge on any atom is -0.371 e. The molecule has 7 heterocycles. The van der Waals surface area contributed by atoms with Crippen LogP contribution < -0.4 is 10.2 Å². The first kappa shape index (κ1) is 37.0. The summed E-state index contributed by atoms with van der Waals surface area (Å²) in [7, 11) is 0. The van der Waals surface area contributed by atoms with Crippen molar-refractivity contribution < 1.29 is 36.7 Å². The number of halogens is 4. The van der Waals surface area contributed by atoms with E-state index in [9.17, 15) is 28.0 Å². The van der Waals surface area contributed by atoms with Gasteiger partial charge in [0.15, 0.2) is 0 Å². The van der Waals surface area contributed by atoms with Gasteiger partial charge < -0.3 is 19.7 Å². The molecule has 0 radical (unpaired) electrons. The fourth-order valence-electron chi connectivity index (χ4n) is 10.6. The van der Waals surface area contributed by atoms with Gasteiger partial charge in [0.2, 0.25) is 17.7 Å². The van der Waals surface area contributed by atoms with Crippen LogP contribution in [0, 0.1) is 17.0 Å². The summed E-state index contributed by atoms with van der Waals surface area (Å²) in [5.41, 5.74) is 5.52. The maximum Gasteiger partial charge on any atom is 0.255 e. The summed E-state index contributed by atoms with van der Waals surface area (Å²) in [6.45, 7) is 3.54. The molecule has 2 N–H and O–H groups in total. The summed E-state index contributed by atoms with van der Waals surface area (Å²) < 4.78 is 60.0. The first-order chi connectivity index (χ1) is 27.9. The Morgan fingerprint density at radius 1 is 0.879 bits per heavy atom. The quantitative estimate of drug-likeness (QED) is 0.203. The number of aromatic amines is 1. The molecule has 1 aromatic heterocycles. The molecule has 1 spiro atoms. The van der Waals surface area contributed by atoms with E-state index < -0.39 is 42.6 Å². The monoisotopic (exact) mass is 797 g/mol. The molecular formula is C43H43F4N7O4. The number of fused-ring (bicyclic) bond motifs is 5. The molecule has 3 fully saturated rings. The lowest BCUT2D eigenvalue weighted by Crippen LogP contribution is -2.52. The normalized spacial score (nSPS) is 24.8. The number of imide groups is 1. The Morgan fingerprint density at radius 2 is 1.64 bits per heavy atom. The SMILES string of the molecule is O=C1CCC(N2Cc3cc4c(cc3C2=O)CN(C(=O)CN2CCC3(CCN(c5cc(F)c([C@@H]6c7[nH]c8ccccc8c7CCN6CC(F)F)c(F)c5)C3)C2)C4)C(=O)N1. The van der Waals surface area contributed by atoms with E-state index in [-0.39, 0.29) is 54.8 Å². The number of likely N-dealkylation sites (tertiary alicyclic amines) is 1. The molecule has 6 aliphatic rings. The number of rotatable bonds is 7. The average molecular weight is 798 g/mol. The molecule has 11 nitrogen and oxygen atoms in total. The molecule has 15 heteroatoms. The second-order valence-electron chi connectivity index (χ2n) is 17.0. The lowest BCUT2D eigenvalue weighted by molar-refractivity contribution is -0.137. The topological polar surface area (TPSA) is 112 Å². The molecule has 2 unspecified atom stereocenters. The van der Waals surface area contributed by atoms with E-state index in [0.717, 1.165) is 52.5 Å². The molecule has 10 rings (SSSR count). The van der Waals surface area contributed by atoms with Crippen LogP contribution in [0.15, 0.2) is 48.5 Å². The first-order valence-electron chi connectivity index (χ1n) is 20.1. The number of piperidine rings is 1. The molecule has 0 saturated carbocycles. The number of nitrogens with zero attached hydrogens (tertiary/aromatic N) is 5. The van der Waals surface area contributed by atoms with Crippen LogP contribution in [0.4, 0.5) is 23.2 Å². The van der Waals surface area contributed by atoms with Gasteiger partial charge in [-0.15, -0.1) is 0 Å². The van der Waals surface area contributed by atoms with Gasteiger partial charge in [0.25, 0.3) is 12.3 Å². The molecule has 4 amide bonds. The van der Waals surface area contributed by atoms with Gasteiger partial charge in [-0.05, 0) is 78.7 Å². The minimum atomic E-state index is -2.66. The van der Waals surface area contributed by atoms with E-state index in [2.05, 4.69) is 15.2 Å². The summed E-state index contributed by atoms with van der Waals surface area (Å²) in [6, 6.07) is 12.4. The van der Waals surface area contributed by atoms with Gasteiger partial charge in [0, 0.05) is 91.1 Å². The number of hydrogen-bond acceptors (Lipinski definition) is 7. The highest BCUT2D eigenvalue weighted by Gasteiger charge is 2.45. The van der Waals surface area contributed by atoms with Crippen molar-refractivity contribution in [3.05, 3.63) is 99.2 Å². The molecule has 3 atom stereocenters. The molecule has 58 heavy (non-hydrogen) atoms. The Morgan fingerprint density at radius 3 is 2.41 bits per heavy atom. The summed E-state index contributed by atoms with van der Waals surface area (Å²) in [5.74, 6) is -2.56. The van der Waals surface area contributed by atoms with Crippen molar-refractivity contribution in [2.45, 2.75) is 70.2 Å². The standard InChI is InChI=1S/C43H43F4N7O4/c44-31-15-27(16-32(45)38(31)40-39-29(7-10-51(40)20-35(46)47)28-3-1-2-4-33(28)48-39)52-12-9-43(23-52)8-11-50(22-43)21-37(56)53-17-24-13-26-19-54(34-5-6-36(55)49-41(34)57)42(58)30(26)14-25(24)18-53/h1-4,13-16,34-35,40,48H,5-12,17-23H2,(H,49,55,57)/t34?,40-,43?/m1/s1. The Hall–Kier alpha value is -5.28. The number of nitrogens with one attached hydrogen (secondary N) is 2. The Kier molecular flexibility index (Phi) is 8.89. The van der Waals surface area contributed by atoms with Crippen LogP contribution in [0.1, 0.15) is 75.6 Å². The van der Waals surface area contributed by atoms with E-state index in [0.29, 0.717) is 62.5 Å². The Balaban J connectivity index is 0.791. The van der Waals surface area contributed by atoms with Gasteiger partial charge in [0.05, 0.1) is 19.1 Å². The van der Waals surface area contributed by atoms with Crippen molar-refractivity contribution in [3.63, 3.8) is 0 Å². The third-order valence-corrected chi connectivity index (χ3v) is 13.4. The van der Waals surface area contributed by atoms with Crippen LogP contribution in [0.5, 0.6) is 0 Å². The molecule has 4 aromatic rings. The van der Waals surface area contributed by atoms with Gasteiger partial charge >= 0.3 is 0 Å². The number of carbonyl (C=O) groups is 4. The van der Waals surface area contributed by atoms with Crippen LogP contribution in [0.2, 0.25) is 0 Å². The number of alkyl halides is 2. The molecule has 302 valence electrons. The lowest BCUT2D eigenvalue weighted by atomic mass is 9.86. The van der Waals surface area contributed by atoms with E-state index in [1.807, 2.05) is 41.3 Å². The number of para-hydroxylation sites is 1. The van der Waals surface area contributed by atoms with Crippen LogP contribution in [-0.4, -0.2) is 106 Å². The van der Waals surface area contributed by atoms with Crippen LogP contribution in [0.3, 0.4) is 0 Å². The van der Waals surface area contributed by atoms with Gasteiger partial charge in [-0.1, -0.05) is 24.3 Å². The largest absolute Gasteiger partial charge is 0.371 e. The number of hydrogen-bond donors (Lipinski definition) is 2. The number of H-pyrrole nitrogens is 1. The number of benzene rings is 3. The highest BCUT2D eigenvalue weighted by atomic mass is 19.3. The van der Waals surface area contributed by atoms with Crippen molar-refractivity contribution in [3.8, 4) is 0 Å². The van der Waals surface area contributed by atoms with Crippen molar-refractivity contribution >= 4 is 40.2 Å². The number of anilines is 1. The molecule has 0 aliphatic carbocycles. The maximum absolute atomic E-state index is 16.2. The van der Waals surface area contributed by atoms with Crippen LogP contribution in [0.25, 0.3) is 10.9 Å². The summed E-state index contributed by atoms with van der Waals surface area (Å²) in [5, 5.41) is 3.26. The Bertz CT molecular complexity index is 2380. The Labute approximate surface area is 331 Å². The average Bonchev–Trinajstić information content (AvgIpc) is 4.02. The molecular weight excluding hydrogens is 755 g/mol. The molecule has 0 bridgehead atoms. The number of carbonyl (C=O) groups excluding carboxylic acids is 4. The minimum absolute atomic E-state index is 0.0128. The zero-order valence-electron chi connectivity index (χ0n) is 31.8. The summed E-state index contributed by atoms with van der Waals surface area (Å²) in [4.78, 5) is 63.3. The second kappa shape index (κ2) is 13.9. The third-order valence-electron chi connectivity index (χ3n) is 13.4. The smallest absolute Gasteiger partial charge is 0.255 e. The highest BCUT2D eigenvalue weighted by Crippen LogP contribution is 2.44. The predicted molar refractivity (Wildman–Crippen MR) is 205 cm³/mol. The molecule has 6 aliphatic heterocycles. The zero-order valence-corrected chi connectivity index (χ0v) is 31.8. The van der Waals surface area contributed by atoms with Gasteiger partial charge in [0.1, 0.15) is 17.7 Å². The number of amides is 4. The predicted octanol–water partition coefficient (Wildman–Crippen LogP) is 4.86. The number of aromatic nitrogens is 1. The van der Waals surface area contributed by atoms with Crippen molar-refractivity contribution in [2.75, 3.05) is 50.7 Å². The van der Waals surface area contributed by atoms with Crippen molar-refractivity contribution in [2.24, 2.45) is 5.41 Å². The molecule has 3 saturated heterocycles. The first-order valence-corrected chi connectivity index (χ1v) is 20.1. The zero-order chi connectivity index (χ0) is 40.0. The van der Waals surface area contributed by atoms with Gasteiger partial charge in [-0.2, -0.15) is 0 Å². The summed E-state index contributed by atoms with van der Waals surface area (Å²) in [6.07, 6.45) is -0.0408. The fraction of sp³-hybridized carbons (Fsp3) is 0.442. The lowest BCUT2D eigenvalue weighted by Gasteiger charge is -2.36. The maximum atomic E-state index is 16.2. The molecule has 3 aromatic carbocycles. The fourth-order valence-corrected chi connectivity index (χ4v) is 10.6. The second-order valence-corrected chi connectivity index (χ2v) is 17.0. The van der Waals surface area contributed by atoms with E-state index in [4.69, 9.17) is 0 Å². The van der Waals surface area contributed by atoms with Crippen LogP contribution in [-0.2, 0) is 40.4 Å². The third kappa shape index (κ3) is 6.24. The van der Waals surface area contributed by atoms with E-state index in [1.54, 1.807) is 4.90 Å².